The molecule has 6 heteroatoms. The third-order valence-corrected chi connectivity index (χ3v) is 5.30. The van der Waals surface area contributed by atoms with E-state index in [1.807, 2.05) is 49.4 Å². The van der Waals surface area contributed by atoms with Crippen LogP contribution in [0.25, 0.3) is 0 Å². The average molecular weight is 377 g/mol. The molecule has 0 spiro atoms. The Balaban J connectivity index is 1.66. The standard InChI is InChI=1S/C19H21ClN2O2S/c1-14-5-7-15(8-6-14)25-13-18(23)21-17-4-2-3-16(20)19(17)22-9-11-24-12-10-22/h2-8H,9-13H2,1H3,(H,21,23). The van der Waals surface area contributed by atoms with E-state index in [0.717, 1.165) is 29.4 Å². The van der Waals surface area contributed by atoms with Crippen LogP contribution >= 0.6 is 23.4 Å². The van der Waals surface area contributed by atoms with E-state index in [0.29, 0.717) is 24.0 Å². The predicted molar refractivity (Wildman–Crippen MR) is 105 cm³/mol. The number of thioether (sulfide) groups is 1. The number of hydrogen-bond donors (Lipinski definition) is 1. The van der Waals surface area contributed by atoms with Crippen LogP contribution in [0, 0.1) is 6.92 Å². The van der Waals surface area contributed by atoms with Gasteiger partial charge in [-0.1, -0.05) is 35.4 Å². The lowest BCUT2D eigenvalue weighted by atomic mass is 10.2. The smallest absolute Gasteiger partial charge is 0.234 e. The number of ether oxygens (including phenoxy) is 1. The maximum atomic E-state index is 12.4. The molecule has 1 heterocycles. The average Bonchev–Trinajstić information content (AvgIpc) is 2.62. The summed E-state index contributed by atoms with van der Waals surface area (Å²) in [5.41, 5.74) is 2.84. The Bertz CT molecular complexity index is 731. The number of anilines is 2. The summed E-state index contributed by atoms with van der Waals surface area (Å²) >= 11 is 7.92. The topological polar surface area (TPSA) is 41.6 Å². The summed E-state index contributed by atoms with van der Waals surface area (Å²) in [7, 11) is 0. The Morgan fingerprint density at radius 2 is 1.92 bits per heavy atom. The molecule has 2 aromatic rings. The molecule has 1 N–H and O–H groups in total. The molecule has 0 saturated carbocycles. The number of nitrogens with one attached hydrogen (secondary N) is 1. The molecule has 0 aromatic heterocycles. The zero-order valence-corrected chi connectivity index (χ0v) is 15.7. The highest BCUT2D eigenvalue weighted by atomic mass is 35.5. The van der Waals surface area contributed by atoms with Crippen molar-refractivity contribution < 1.29 is 9.53 Å². The zero-order chi connectivity index (χ0) is 17.6. The lowest BCUT2D eigenvalue weighted by molar-refractivity contribution is -0.113. The number of nitrogens with zero attached hydrogens (tertiary/aromatic N) is 1. The highest BCUT2D eigenvalue weighted by Gasteiger charge is 2.19. The second kappa shape index (κ2) is 8.61. The molecular formula is C19H21ClN2O2S. The lowest BCUT2D eigenvalue weighted by Gasteiger charge is -2.31. The molecule has 1 saturated heterocycles. The molecule has 4 nitrogen and oxygen atoms in total. The van der Waals surface area contributed by atoms with E-state index in [-0.39, 0.29) is 5.91 Å². The molecule has 0 unspecified atom stereocenters. The number of benzene rings is 2. The van der Waals surface area contributed by atoms with E-state index in [1.165, 1.54) is 17.3 Å². The maximum Gasteiger partial charge on any atom is 0.234 e. The van der Waals surface area contributed by atoms with Crippen molar-refractivity contribution in [3.8, 4) is 0 Å². The zero-order valence-electron chi connectivity index (χ0n) is 14.1. The van der Waals surface area contributed by atoms with Gasteiger partial charge in [-0.15, -0.1) is 11.8 Å². The first-order chi connectivity index (χ1) is 12.1. The summed E-state index contributed by atoms with van der Waals surface area (Å²) in [6.45, 7) is 4.92. The van der Waals surface area contributed by atoms with Gasteiger partial charge in [-0.05, 0) is 31.2 Å². The van der Waals surface area contributed by atoms with E-state index in [4.69, 9.17) is 16.3 Å². The van der Waals surface area contributed by atoms with Gasteiger partial charge in [-0.2, -0.15) is 0 Å². The van der Waals surface area contributed by atoms with Gasteiger partial charge in [-0.3, -0.25) is 4.79 Å². The van der Waals surface area contributed by atoms with Gasteiger partial charge in [0.2, 0.25) is 5.91 Å². The van der Waals surface area contributed by atoms with E-state index in [1.54, 1.807) is 0 Å². The van der Waals surface area contributed by atoms with Crippen molar-refractivity contribution in [2.24, 2.45) is 0 Å². The first-order valence-electron chi connectivity index (χ1n) is 8.24. The van der Waals surface area contributed by atoms with Crippen LogP contribution in [-0.4, -0.2) is 38.0 Å². The van der Waals surface area contributed by atoms with Gasteiger partial charge >= 0.3 is 0 Å². The van der Waals surface area contributed by atoms with Crippen LogP contribution in [0.3, 0.4) is 0 Å². The van der Waals surface area contributed by atoms with Gasteiger partial charge in [0.1, 0.15) is 0 Å². The van der Waals surface area contributed by atoms with Gasteiger partial charge in [0, 0.05) is 18.0 Å². The van der Waals surface area contributed by atoms with Crippen LogP contribution < -0.4 is 10.2 Å². The van der Waals surface area contributed by atoms with Crippen molar-refractivity contribution in [3.63, 3.8) is 0 Å². The van der Waals surface area contributed by atoms with Crippen LogP contribution in [0.15, 0.2) is 47.4 Å². The van der Waals surface area contributed by atoms with Crippen LogP contribution in [-0.2, 0) is 9.53 Å². The van der Waals surface area contributed by atoms with Gasteiger partial charge in [-0.25, -0.2) is 0 Å². The summed E-state index contributed by atoms with van der Waals surface area (Å²) in [6, 6.07) is 13.8. The Kier molecular flexibility index (Phi) is 6.24. The van der Waals surface area contributed by atoms with Crippen molar-refractivity contribution in [3.05, 3.63) is 53.1 Å². The summed E-state index contributed by atoms with van der Waals surface area (Å²) in [6.07, 6.45) is 0. The minimum atomic E-state index is -0.0395. The van der Waals surface area contributed by atoms with Crippen molar-refractivity contribution in [1.29, 1.82) is 0 Å². The van der Waals surface area contributed by atoms with E-state index >= 15 is 0 Å². The Morgan fingerprint density at radius 1 is 1.20 bits per heavy atom. The van der Waals surface area contributed by atoms with Crippen molar-refractivity contribution in [2.75, 3.05) is 42.3 Å². The SMILES string of the molecule is Cc1ccc(SCC(=O)Nc2cccc(Cl)c2N2CCOCC2)cc1. The molecule has 1 fully saturated rings. The van der Waals surface area contributed by atoms with Crippen LogP contribution in [0.1, 0.15) is 5.56 Å². The number of hydrogen-bond acceptors (Lipinski definition) is 4. The number of para-hydroxylation sites is 1. The highest BCUT2D eigenvalue weighted by Crippen LogP contribution is 2.34. The molecule has 1 amide bonds. The van der Waals surface area contributed by atoms with Gasteiger partial charge in [0.25, 0.3) is 0 Å². The molecule has 2 aromatic carbocycles. The third-order valence-electron chi connectivity index (χ3n) is 3.98. The summed E-state index contributed by atoms with van der Waals surface area (Å²) in [4.78, 5) is 15.6. The first kappa shape index (κ1) is 18.1. The third kappa shape index (κ3) is 4.91. The van der Waals surface area contributed by atoms with Gasteiger partial charge < -0.3 is 15.0 Å². The summed E-state index contributed by atoms with van der Waals surface area (Å²) in [5.74, 6) is 0.320. The molecule has 0 bridgehead atoms. The minimum Gasteiger partial charge on any atom is -0.378 e. The molecule has 25 heavy (non-hydrogen) atoms. The molecule has 1 aliphatic heterocycles. The maximum absolute atomic E-state index is 12.4. The van der Waals surface area contributed by atoms with Crippen molar-refractivity contribution >= 4 is 40.6 Å². The molecule has 132 valence electrons. The number of carbonyl (C=O) groups excluding carboxylic acids is 1. The fourth-order valence-electron chi connectivity index (χ4n) is 2.69. The molecule has 0 aliphatic carbocycles. The number of halogens is 1. The fraction of sp³-hybridized carbons (Fsp3) is 0.316. The van der Waals surface area contributed by atoms with Crippen molar-refractivity contribution in [2.45, 2.75) is 11.8 Å². The fourth-order valence-corrected chi connectivity index (χ4v) is 3.69. The Hall–Kier alpha value is -1.69. The molecule has 0 radical (unpaired) electrons. The molecule has 0 atom stereocenters. The quantitative estimate of drug-likeness (QED) is 0.793. The molecular weight excluding hydrogens is 356 g/mol. The second-order valence-corrected chi connectivity index (χ2v) is 7.34. The van der Waals surface area contributed by atoms with E-state index in [9.17, 15) is 4.79 Å². The normalized spacial score (nSPS) is 14.4. The summed E-state index contributed by atoms with van der Waals surface area (Å²) < 4.78 is 5.40. The van der Waals surface area contributed by atoms with Crippen LogP contribution in [0.2, 0.25) is 5.02 Å². The summed E-state index contributed by atoms with van der Waals surface area (Å²) in [5, 5.41) is 3.65. The molecule has 1 aliphatic rings. The molecule has 3 rings (SSSR count). The highest BCUT2D eigenvalue weighted by molar-refractivity contribution is 8.00. The van der Waals surface area contributed by atoms with Gasteiger partial charge in [0.05, 0.1) is 35.4 Å². The van der Waals surface area contributed by atoms with E-state index in [2.05, 4.69) is 10.2 Å². The second-order valence-electron chi connectivity index (χ2n) is 5.89. The monoisotopic (exact) mass is 376 g/mol. The van der Waals surface area contributed by atoms with Crippen LogP contribution in [0.5, 0.6) is 0 Å². The Morgan fingerprint density at radius 3 is 2.64 bits per heavy atom. The lowest BCUT2D eigenvalue weighted by Crippen LogP contribution is -2.37. The number of morpholine rings is 1. The van der Waals surface area contributed by atoms with Gasteiger partial charge in [0.15, 0.2) is 0 Å². The largest absolute Gasteiger partial charge is 0.378 e. The van der Waals surface area contributed by atoms with Crippen molar-refractivity contribution in [1.82, 2.24) is 0 Å². The number of rotatable bonds is 5. The Labute approximate surface area is 157 Å². The van der Waals surface area contributed by atoms with E-state index < -0.39 is 0 Å². The first-order valence-corrected chi connectivity index (χ1v) is 9.60. The minimum absolute atomic E-state index is 0.0395. The number of carbonyl (C=O) groups is 1. The van der Waals surface area contributed by atoms with Crippen LogP contribution in [0.4, 0.5) is 11.4 Å². The number of amides is 1. The number of aryl methyl sites for hydroxylation is 1. The predicted octanol–water partition coefficient (Wildman–Crippen LogP) is 4.22.